The monoisotopic (exact) mass is 419 g/mol. The molecule has 0 aliphatic rings. The van der Waals surface area contributed by atoms with E-state index in [-0.39, 0.29) is 21.2 Å². The Hall–Kier alpha value is -2.84. The average Bonchev–Trinajstić information content (AvgIpc) is 3.10. The quantitative estimate of drug-likeness (QED) is 0.621. The summed E-state index contributed by atoms with van der Waals surface area (Å²) in [7, 11) is -3.83. The van der Waals surface area contributed by atoms with Gasteiger partial charge in [-0.1, -0.05) is 35.8 Å². The van der Waals surface area contributed by atoms with E-state index < -0.39 is 15.9 Å². The molecule has 1 aromatic heterocycles. The van der Waals surface area contributed by atoms with Crippen LogP contribution in [0.4, 0.5) is 11.4 Å². The van der Waals surface area contributed by atoms with Crippen LogP contribution >= 0.6 is 11.6 Å². The van der Waals surface area contributed by atoms with Gasteiger partial charge in [-0.05, 0) is 49.2 Å². The van der Waals surface area contributed by atoms with Crippen LogP contribution in [0.25, 0.3) is 0 Å². The number of benzene rings is 2. The zero-order valence-corrected chi connectivity index (χ0v) is 16.8. The molecule has 7 nitrogen and oxygen atoms in total. The van der Waals surface area contributed by atoms with Crippen molar-refractivity contribution < 1.29 is 17.7 Å². The van der Waals surface area contributed by atoms with E-state index in [1.165, 1.54) is 30.5 Å². The number of aromatic nitrogens is 1. The number of nitrogens with zero attached hydrogens (tertiary/aromatic N) is 1. The first-order valence-electron chi connectivity index (χ1n) is 8.44. The third-order valence-electron chi connectivity index (χ3n) is 4.11. The Morgan fingerprint density at radius 1 is 1.18 bits per heavy atom. The van der Waals surface area contributed by atoms with Crippen molar-refractivity contribution in [2.75, 3.05) is 10.0 Å². The van der Waals surface area contributed by atoms with Crippen LogP contribution in [0.3, 0.4) is 0 Å². The number of carbonyl (C=O) groups excluding carboxylic acids is 1. The number of amides is 1. The van der Waals surface area contributed by atoms with Crippen LogP contribution in [0.5, 0.6) is 0 Å². The lowest BCUT2D eigenvalue weighted by Crippen LogP contribution is -2.15. The van der Waals surface area contributed by atoms with E-state index in [4.69, 9.17) is 16.1 Å². The summed E-state index contributed by atoms with van der Waals surface area (Å²) in [5.74, 6) is -0.0482. The second-order valence-corrected chi connectivity index (χ2v) is 8.14. The standard InChI is InChI=1S/C19H18ClN3O4S/c1-3-13-4-7-15(8-5-13)28(25,26)23-18-10-14(6-9-17(18)20)22-19(24)16-11-21-27-12(16)2/h4-11,23H,3H2,1-2H3,(H,22,24). The minimum Gasteiger partial charge on any atom is -0.361 e. The van der Waals surface area contributed by atoms with Crippen LogP contribution in [-0.2, 0) is 16.4 Å². The van der Waals surface area contributed by atoms with E-state index in [2.05, 4.69) is 15.2 Å². The number of hydrogen-bond acceptors (Lipinski definition) is 5. The normalized spacial score (nSPS) is 11.2. The Morgan fingerprint density at radius 2 is 1.89 bits per heavy atom. The number of halogens is 1. The highest BCUT2D eigenvalue weighted by Crippen LogP contribution is 2.28. The zero-order valence-electron chi connectivity index (χ0n) is 15.2. The fourth-order valence-corrected chi connectivity index (χ4v) is 3.80. The Kier molecular flexibility index (Phi) is 5.71. The first kappa shape index (κ1) is 19.9. The van der Waals surface area contributed by atoms with Crippen molar-refractivity contribution in [2.24, 2.45) is 0 Å². The Bertz CT molecular complexity index is 1110. The van der Waals surface area contributed by atoms with Gasteiger partial charge < -0.3 is 9.84 Å². The fraction of sp³-hybridized carbons (Fsp3) is 0.158. The molecule has 3 rings (SSSR count). The first-order chi connectivity index (χ1) is 13.3. The summed E-state index contributed by atoms with van der Waals surface area (Å²) in [5.41, 5.74) is 1.84. The van der Waals surface area contributed by atoms with Crippen molar-refractivity contribution in [3.05, 3.63) is 70.6 Å². The minimum atomic E-state index is -3.83. The summed E-state index contributed by atoms with van der Waals surface area (Å²) in [4.78, 5) is 12.4. The van der Waals surface area contributed by atoms with Crippen molar-refractivity contribution in [1.82, 2.24) is 5.16 Å². The number of sulfonamides is 1. The van der Waals surface area contributed by atoms with Gasteiger partial charge in [0, 0.05) is 5.69 Å². The molecular weight excluding hydrogens is 402 g/mol. The lowest BCUT2D eigenvalue weighted by Gasteiger charge is -2.12. The summed E-state index contributed by atoms with van der Waals surface area (Å²) in [6.07, 6.45) is 2.12. The maximum Gasteiger partial charge on any atom is 0.261 e. The van der Waals surface area contributed by atoms with Gasteiger partial charge in [-0.15, -0.1) is 0 Å². The van der Waals surface area contributed by atoms with Crippen molar-refractivity contribution in [2.45, 2.75) is 25.2 Å². The highest BCUT2D eigenvalue weighted by atomic mass is 35.5. The molecule has 2 aromatic carbocycles. The van der Waals surface area contributed by atoms with Crippen molar-refractivity contribution in [3.63, 3.8) is 0 Å². The van der Waals surface area contributed by atoms with Crippen LogP contribution < -0.4 is 10.0 Å². The molecule has 0 atom stereocenters. The SMILES string of the molecule is CCc1ccc(S(=O)(=O)Nc2cc(NC(=O)c3cnoc3C)ccc2Cl)cc1. The van der Waals surface area contributed by atoms with E-state index in [9.17, 15) is 13.2 Å². The van der Waals surface area contributed by atoms with Gasteiger partial charge in [0.25, 0.3) is 15.9 Å². The maximum atomic E-state index is 12.6. The van der Waals surface area contributed by atoms with Gasteiger partial charge >= 0.3 is 0 Å². The summed E-state index contributed by atoms with van der Waals surface area (Å²) in [6, 6.07) is 11.1. The number of rotatable bonds is 6. The average molecular weight is 420 g/mol. The van der Waals surface area contributed by atoms with Gasteiger partial charge in [-0.3, -0.25) is 9.52 Å². The molecule has 1 heterocycles. The molecule has 0 saturated heterocycles. The fourth-order valence-electron chi connectivity index (χ4n) is 2.50. The van der Waals surface area contributed by atoms with Crippen LogP contribution in [0.15, 0.2) is 58.1 Å². The largest absolute Gasteiger partial charge is 0.361 e. The molecule has 0 aliphatic carbocycles. The van der Waals surface area contributed by atoms with E-state index in [0.29, 0.717) is 11.4 Å². The summed E-state index contributed by atoms with van der Waals surface area (Å²) >= 11 is 6.13. The van der Waals surface area contributed by atoms with E-state index in [1.807, 2.05) is 6.92 Å². The lowest BCUT2D eigenvalue weighted by atomic mass is 10.2. The van der Waals surface area contributed by atoms with Gasteiger partial charge in [0.05, 0.1) is 21.8 Å². The van der Waals surface area contributed by atoms with Crippen LogP contribution in [0.2, 0.25) is 5.02 Å². The third kappa shape index (κ3) is 4.35. The molecule has 28 heavy (non-hydrogen) atoms. The Morgan fingerprint density at radius 3 is 2.50 bits per heavy atom. The van der Waals surface area contributed by atoms with E-state index in [0.717, 1.165) is 12.0 Å². The van der Waals surface area contributed by atoms with Crippen LogP contribution in [-0.4, -0.2) is 19.5 Å². The zero-order chi connectivity index (χ0) is 20.3. The summed E-state index contributed by atoms with van der Waals surface area (Å²) in [5, 5.41) is 6.42. The highest BCUT2D eigenvalue weighted by Gasteiger charge is 2.17. The van der Waals surface area contributed by atoms with Gasteiger partial charge in [0.15, 0.2) is 0 Å². The highest BCUT2D eigenvalue weighted by molar-refractivity contribution is 7.92. The number of aryl methyl sites for hydroxylation is 2. The molecule has 0 fully saturated rings. The number of nitrogens with one attached hydrogen (secondary N) is 2. The minimum absolute atomic E-state index is 0.121. The summed E-state index contributed by atoms with van der Waals surface area (Å²) in [6.45, 7) is 3.61. The van der Waals surface area contributed by atoms with Crippen molar-refractivity contribution >= 4 is 38.9 Å². The number of carbonyl (C=O) groups is 1. The predicted molar refractivity (Wildman–Crippen MR) is 107 cm³/mol. The van der Waals surface area contributed by atoms with Crippen molar-refractivity contribution in [1.29, 1.82) is 0 Å². The molecule has 2 N–H and O–H groups in total. The van der Waals surface area contributed by atoms with Crippen molar-refractivity contribution in [3.8, 4) is 0 Å². The van der Waals surface area contributed by atoms with Gasteiger partial charge in [-0.25, -0.2) is 8.42 Å². The molecule has 1 amide bonds. The second kappa shape index (κ2) is 8.04. The topological polar surface area (TPSA) is 101 Å². The molecular formula is C19H18ClN3O4S. The van der Waals surface area contributed by atoms with Crippen LogP contribution in [0.1, 0.15) is 28.6 Å². The lowest BCUT2D eigenvalue weighted by molar-refractivity contribution is 0.102. The number of hydrogen-bond donors (Lipinski definition) is 2. The van der Waals surface area contributed by atoms with Crippen LogP contribution in [0, 0.1) is 6.92 Å². The molecule has 9 heteroatoms. The molecule has 0 aliphatic heterocycles. The Labute approximate surface area is 167 Å². The predicted octanol–water partition coefficient (Wildman–Crippen LogP) is 4.25. The van der Waals surface area contributed by atoms with Gasteiger partial charge in [0.1, 0.15) is 11.3 Å². The third-order valence-corrected chi connectivity index (χ3v) is 5.82. The molecule has 0 saturated carbocycles. The maximum absolute atomic E-state index is 12.6. The summed E-state index contributed by atoms with van der Waals surface area (Å²) < 4.78 is 32.6. The smallest absolute Gasteiger partial charge is 0.261 e. The number of anilines is 2. The molecule has 146 valence electrons. The van der Waals surface area contributed by atoms with E-state index in [1.54, 1.807) is 25.1 Å². The Balaban J connectivity index is 1.83. The molecule has 0 bridgehead atoms. The first-order valence-corrected chi connectivity index (χ1v) is 10.3. The second-order valence-electron chi connectivity index (χ2n) is 6.05. The van der Waals surface area contributed by atoms with Gasteiger partial charge in [-0.2, -0.15) is 0 Å². The molecule has 0 spiro atoms. The van der Waals surface area contributed by atoms with E-state index >= 15 is 0 Å². The van der Waals surface area contributed by atoms with Gasteiger partial charge in [0.2, 0.25) is 0 Å². The molecule has 0 unspecified atom stereocenters. The molecule has 0 radical (unpaired) electrons. The molecule has 3 aromatic rings.